The Bertz CT molecular complexity index is 1050. The third-order valence-corrected chi connectivity index (χ3v) is 4.81. The molecule has 0 saturated carbocycles. The topological polar surface area (TPSA) is 94.6 Å². The van der Waals surface area contributed by atoms with Crippen LogP contribution in [0, 0.1) is 6.92 Å². The van der Waals surface area contributed by atoms with E-state index in [1.54, 1.807) is 13.2 Å². The van der Waals surface area contributed by atoms with Gasteiger partial charge in [0, 0.05) is 35.7 Å². The summed E-state index contributed by atoms with van der Waals surface area (Å²) in [4.78, 5) is 24.5. The molecule has 0 spiro atoms. The molecule has 0 fully saturated rings. The second-order valence-electron chi connectivity index (χ2n) is 6.70. The van der Waals surface area contributed by atoms with Gasteiger partial charge >= 0.3 is 5.63 Å². The summed E-state index contributed by atoms with van der Waals surface area (Å²) in [5.74, 6) is 0.535. The predicted octanol–water partition coefficient (Wildman–Crippen LogP) is 3.41. The highest BCUT2D eigenvalue weighted by atomic mass is 35.5. The number of carbonyl (C=O) groups excluding carboxylic acids is 1. The number of benzene rings is 2. The van der Waals surface area contributed by atoms with Gasteiger partial charge in [0.25, 0.3) is 0 Å². The molecule has 0 aliphatic heterocycles. The van der Waals surface area contributed by atoms with Gasteiger partial charge in [-0.3, -0.25) is 4.79 Å². The van der Waals surface area contributed by atoms with Gasteiger partial charge in [-0.2, -0.15) is 0 Å². The summed E-state index contributed by atoms with van der Waals surface area (Å²) in [6, 6.07) is 13.0. The van der Waals surface area contributed by atoms with Crippen LogP contribution in [0.25, 0.3) is 11.0 Å². The van der Waals surface area contributed by atoms with Gasteiger partial charge in [0.05, 0.1) is 7.11 Å². The molecule has 29 heavy (non-hydrogen) atoms. The van der Waals surface area contributed by atoms with Crippen molar-refractivity contribution in [3.8, 4) is 5.75 Å². The highest BCUT2D eigenvalue weighted by molar-refractivity contribution is 5.85. The molecule has 0 aliphatic carbocycles. The van der Waals surface area contributed by atoms with Crippen LogP contribution < -0.4 is 21.4 Å². The van der Waals surface area contributed by atoms with E-state index in [4.69, 9.17) is 14.9 Å². The van der Waals surface area contributed by atoms with Crippen molar-refractivity contribution in [2.24, 2.45) is 0 Å². The number of fused-ring (bicyclic) bond motifs is 1. The number of hydrogen-bond acceptors (Lipinski definition) is 5. The Kier molecular flexibility index (Phi) is 7.67. The molecule has 7 heteroatoms. The zero-order chi connectivity index (χ0) is 20.1. The fourth-order valence-electron chi connectivity index (χ4n) is 3.15. The lowest BCUT2D eigenvalue weighted by Crippen LogP contribution is -2.26. The Hall–Kier alpha value is -2.99. The van der Waals surface area contributed by atoms with E-state index in [9.17, 15) is 9.59 Å². The number of rotatable bonds is 7. The molecule has 0 bridgehead atoms. The molecule has 0 saturated heterocycles. The Balaban J connectivity index is 0.00000300. The fourth-order valence-corrected chi connectivity index (χ4v) is 3.15. The van der Waals surface area contributed by atoms with Crippen LogP contribution in [0.3, 0.4) is 0 Å². The highest BCUT2D eigenvalue weighted by Crippen LogP contribution is 2.24. The monoisotopic (exact) mass is 416 g/mol. The van der Waals surface area contributed by atoms with Crippen molar-refractivity contribution in [1.29, 1.82) is 0 Å². The van der Waals surface area contributed by atoms with Crippen LogP contribution in [-0.2, 0) is 17.6 Å². The first-order valence-electron chi connectivity index (χ1n) is 9.19. The molecule has 154 valence electrons. The minimum Gasteiger partial charge on any atom is -0.497 e. The highest BCUT2D eigenvalue weighted by Gasteiger charge is 2.13. The van der Waals surface area contributed by atoms with Crippen LogP contribution in [-0.4, -0.2) is 19.6 Å². The average molecular weight is 417 g/mol. The average Bonchev–Trinajstić information content (AvgIpc) is 2.68. The van der Waals surface area contributed by atoms with Crippen LogP contribution in [0.5, 0.6) is 5.75 Å². The van der Waals surface area contributed by atoms with Gasteiger partial charge in [0.15, 0.2) is 0 Å². The normalized spacial score (nSPS) is 10.4. The summed E-state index contributed by atoms with van der Waals surface area (Å²) >= 11 is 0. The SMILES string of the molecule is COc1ccc2c(C)c(CCC(=O)NCCc3ccc(N)cc3)c(=O)oc2c1.Cl. The Morgan fingerprint density at radius 3 is 2.55 bits per heavy atom. The maximum Gasteiger partial charge on any atom is 0.339 e. The molecule has 1 amide bonds. The van der Waals surface area contributed by atoms with E-state index in [2.05, 4.69) is 5.32 Å². The van der Waals surface area contributed by atoms with Crippen molar-refractivity contribution in [2.75, 3.05) is 19.4 Å². The lowest BCUT2D eigenvalue weighted by molar-refractivity contribution is -0.121. The minimum atomic E-state index is -0.409. The molecule has 0 aliphatic rings. The standard InChI is InChI=1S/C22H24N2O4.ClH/c1-14-18-8-7-17(27-2)13-20(18)28-22(26)19(14)9-10-21(25)24-12-11-15-3-5-16(23)6-4-15;/h3-8,13H,9-12,23H2,1-2H3,(H,24,25);1H. The smallest absolute Gasteiger partial charge is 0.339 e. The molecule has 6 nitrogen and oxygen atoms in total. The van der Waals surface area contributed by atoms with E-state index in [0.29, 0.717) is 29.9 Å². The molecule has 1 aromatic heterocycles. The molecular formula is C22H25ClN2O4. The van der Waals surface area contributed by atoms with Crippen LogP contribution in [0.2, 0.25) is 0 Å². The van der Waals surface area contributed by atoms with E-state index >= 15 is 0 Å². The van der Waals surface area contributed by atoms with Crippen molar-refractivity contribution in [1.82, 2.24) is 5.32 Å². The predicted molar refractivity (Wildman–Crippen MR) is 117 cm³/mol. The number of nitrogens with one attached hydrogen (secondary N) is 1. The Morgan fingerprint density at radius 1 is 1.14 bits per heavy atom. The number of carbonyl (C=O) groups is 1. The van der Waals surface area contributed by atoms with E-state index in [1.165, 1.54) is 0 Å². The van der Waals surface area contributed by atoms with Gasteiger partial charge in [-0.15, -0.1) is 12.4 Å². The second-order valence-corrected chi connectivity index (χ2v) is 6.70. The van der Waals surface area contributed by atoms with E-state index < -0.39 is 5.63 Å². The van der Waals surface area contributed by atoms with Crippen molar-refractivity contribution in [3.05, 3.63) is 69.6 Å². The number of aryl methyl sites for hydroxylation is 1. The van der Waals surface area contributed by atoms with Gasteiger partial charge in [-0.05, 0) is 55.2 Å². The Labute approximate surface area is 175 Å². The van der Waals surface area contributed by atoms with E-state index in [0.717, 1.165) is 28.6 Å². The zero-order valence-corrected chi connectivity index (χ0v) is 17.3. The summed E-state index contributed by atoms with van der Waals surface area (Å²) in [7, 11) is 1.56. The molecule has 0 unspecified atom stereocenters. The number of nitrogen functional groups attached to an aromatic ring is 1. The van der Waals surface area contributed by atoms with Gasteiger partial charge in [-0.1, -0.05) is 12.1 Å². The maximum atomic E-state index is 12.3. The second kappa shape index (κ2) is 9.98. The Morgan fingerprint density at radius 2 is 1.86 bits per heavy atom. The quantitative estimate of drug-likeness (QED) is 0.454. The van der Waals surface area contributed by atoms with Gasteiger partial charge in [0.1, 0.15) is 11.3 Å². The van der Waals surface area contributed by atoms with Crippen LogP contribution >= 0.6 is 12.4 Å². The fraction of sp³-hybridized carbons (Fsp3) is 0.273. The first-order chi connectivity index (χ1) is 13.5. The molecule has 2 aromatic carbocycles. The van der Waals surface area contributed by atoms with Crippen LogP contribution in [0.4, 0.5) is 5.69 Å². The lowest BCUT2D eigenvalue weighted by atomic mass is 10.0. The van der Waals surface area contributed by atoms with Gasteiger partial charge in [-0.25, -0.2) is 4.79 Å². The van der Waals surface area contributed by atoms with Gasteiger partial charge < -0.3 is 20.2 Å². The largest absolute Gasteiger partial charge is 0.497 e. The van der Waals surface area contributed by atoms with Crippen molar-refractivity contribution in [3.63, 3.8) is 0 Å². The number of hydrogen-bond donors (Lipinski definition) is 2. The number of halogens is 1. The summed E-state index contributed by atoms with van der Waals surface area (Å²) in [6.07, 6.45) is 1.30. The number of ether oxygens (including phenoxy) is 1. The molecule has 3 aromatic rings. The molecule has 3 rings (SSSR count). The minimum absolute atomic E-state index is 0. The van der Waals surface area contributed by atoms with Gasteiger partial charge in [0.2, 0.25) is 5.91 Å². The van der Waals surface area contributed by atoms with E-state index in [1.807, 2.05) is 43.3 Å². The van der Waals surface area contributed by atoms with Crippen molar-refractivity contribution in [2.45, 2.75) is 26.2 Å². The molecule has 0 atom stereocenters. The number of amides is 1. The summed E-state index contributed by atoms with van der Waals surface area (Å²) in [5, 5.41) is 3.73. The summed E-state index contributed by atoms with van der Waals surface area (Å²) in [5.41, 5.74) is 8.93. The summed E-state index contributed by atoms with van der Waals surface area (Å²) < 4.78 is 10.6. The lowest BCUT2D eigenvalue weighted by Gasteiger charge is -2.09. The third-order valence-electron chi connectivity index (χ3n) is 4.81. The third kappa shape index (κ3) is 5.51. The molecule has 0 radical (unpaired) electrons. The van der Waals surface area contributed by atoms with Crippen molar-refractivity contribution >= 4 is 35.0 Å². The zero-order valence-electron chi connectivity index (χ0n) is 16.5. The first-order valence-corrected chi connectivity index (χ1v) is 9.19. The van der Waals surface area contributed by atoms with Crippen LogP contribution in [0.1, 0.15) is 23.1 Å². The van der Waals surface area contributed by atoms with Crippen molar-refractivity contribution < 1.29 is 13.9 Å². The number of methoxy groups -OCH3 is 1. The first kappa shape index (κ1) is 22.3. The van der Waals surface area contributed by atoms with Crippen LogP contribution in [0.15, 0.2) is 51.7 Å². The maximum absolute atomic E-state index is 12.3. The number of nitrogens with two attached hydrogens (primary N) is 1. The molecular weight excluding hydrogens is 392 g/mol. The molecule has 1 heterocycles. The number of anilines is 1. The van der Waals surface area contributed by atoms with E-state index in [-0.39, 0.29) is 24.7 Å². The molecule has 3 N–H and O–H groups in total. The summed E-state index contributed by atoms with van der Waals surface area (Å²) in [6.45, 7) is 2.41.